The number of pyridine rings is 1. The molecule has 2 heterocycles. The molecular formula is C18H18ClN3O5S. The van der Waals surface area contributed by atoms with E-state index in [1.807, 2.05) is 0 Å². The van der Waals surface area contributed by atoms with Gasteiger partial charge in [0.1, 0.15) is 18.0 Å². The average Bonchev–Trinajstić information content (AvgIpc) is 3.08. The second kappa shape index (κ2) is 8.59. The summed E-state index contributed by atoms with van der Waals surface area (Å²) in [4.78, 5) is 16.3. The predicted molar refractivity (Wildman–Crippen MR) is 103 cm³/mol. The number of hydrogen-bond acceptors (Lipinski definition) is 6. The molecule has 0 saturated carbocycles. The van der Waals surface area contributed by atoms with E-state index in [-0.39, 0.29) is 24.5 Å². The number of methoxy groups -OCH3 is 1. The van der Waals surface area contributed by atoms with Crippen molar-refractivity contribution in [2.75, 3.05) is 13.7 Å². The van der Waals surface area contributed by atoms with E-state index in [1.54, 1.807) is 41.1 Å². The van der Waals surface area contributed by atoms with Crippen molar-refractivity contribution >= 4 is 33.2 Å². The number of ether oxygens (including phenoxy) is 2. The van der Waals surface area contributed by atoms with Crippen LogP contribution < -0.4 is 9.46 Å². The summed E-state index contributed by atoms with van der Waals surface area (Å²) in [7, 11) is -2.22. The van der Waals surface area contributed by atoms with Crippen molar-refractivity contribution in [1.29, 1.82) is 0 Å². The molecule has 0 atom stereocenters. The van der Waals surface area contributed by atoms with Crippen LogP contribution in [0.3, 0.4) is 0 Å². The van der Waals surface area contributed by atoms with Crippen molar-refractivity contribution in [1.82, 2.24) is 14.1 Å². The molecule has 1 aromatic carbocycles. The topological polar surface area (TPSA) is 99.0 Å². The van der Waals surface area contributed by atoms with E-state index in [1.165, 1.54) is 19.2 Å². The molecule has 0 saturated heterocycles. The van der Waals surface area contributed by atoms with Gasteiger partial charge < -0.3 is 13.9 Å². The van der Waals surface area contributed by atoms with Gasteiger partial charge in [0, 0.05) is 18.9 Å². The van der Waals surface area contributed by atoms with Crippen molar-refractivity contribution in [3.63, 3.8) is 0 Å². The number of benzene rings is 1. The van der Waals surface area contributed by atoms with Gasteiger partial charge in [-0.25, -0.2) is 18.1 Å². The highest BCUT2D eigenvalue weighted by Crippen LogP contribution is 2.15. The Balaban J connectivity index is 1.48. The Bertz CT molecular complexity index is 1080. The molecule has 3 rings (SSSR count). The van der Waals surface area contributed by atoms with Gasteiger partial charge >= 0.3 is 5.97 Å². The highest BCUT2D eigenvalue weighted by Gasteiger charge is 2.15. The van der Waals surface area contributed by atoms with E-state index >= 15 is 0 Å². The largest absolute Gasteiger partial charge is 0.497 e. The zero-order valence-corrected chi connectivity index (χ0v) is 16.5. The number of hydrogen-bond donors (Lipinski definition) is 1. The maximum atomic E-state index is 12.2. The number of esters is 1. The fourth-order valence-corrected chi connectivity index (χ4v) is 3.64. The number of carbonyl (C=O) groups excluding carboxylic acids is 1. The molecule has 0 spiro atoms. The number of fused-ring (bicyclic) bond motifs is 1. The number of aromatic nitrogens is 2. The van der Waals surface area contributed by atoms with Crippen LogP contribution >= 0.6 is 11.6 Å². The van der Waals surface area contributed by atoms with Crippen molar-refractivity contribution in [3.05, 3.63) is 59.5 Å². The molecule has 2 aromatic heterocycles. The first-order valence-electron chi connectivity index (χ1n) is 8.30. The Morgan fingerprint density at radius 1 is 1.18 bits per heavy atom. The minimum absolute atomic E-state index is 0.0106. The molecule has 1 N–H and O–H groups in total. The Morgan fingerprint density at radius 3 is 2.64 bits per heavy atom. The third-order valence-corrected chi connectivity index (χ3v) is 5.54. The summed E-state index contributed by atoms with van der Waals surface area (Å²) < 4.78 is 38.6. The molecule has 0 unspecified atom stereocenters. The van der Waals surface area contributed by atoms with E-state index in [9.17, 15) is 13.2 Å². The molecular weight excluding hydrogens is 406 g/mol. The number of nitrogens with zero attached hydrogens (tertiary/aromatic N) is 2. The van der Waals surface area contributed by atoms with Gasteiger partial charge in [0.2, 0.25) is 10.0 Å². The fourth-order valence-electron chi connectivity index (χ4n) is 2.44. The molecule has 0 aliphatic heterocycles. The quantitative estimate of drug-likeness (QED) is 0.558. The van der Waals surface area contributed by atoms with Crippen LogP contribution in [0.5, 0.6) is 5.75 Å². The second-order valence-electron chi connectivity index (χ2n) is 5.83. The maximum Gasteiger partial charge on any atom is 0.307 e. The summed E-state index contributed by atoms with van der Waals surface area (Å²) in [5.74, 6) is 0.0178. The molecule has 0 bridgehead atoms. The van der Waals surface area contributed by atoms with Crippen molar-refractivity contribution in [2.24, 2.45) is 0 Å². The molecule has 0 aliphatic rings. The van der Waals surface area contributed by atoms with Crippen LogP contribution in [0.2, 0.25) is 5.02 Å². The van der Waals surface area contributed by atoms with E-state index in [0.717, 1.165) is 0 Å². The summed E-state index contributed by atoms with van der Waals surface area (Å²) >= 11 is 5.91. The minimum atomic E-state index is -3.71. The lowest BCUT2D eigenvalue weighted by Crippen LogP contribution is -2.26. The van der Waals surface area contributed by atoms with Gasteiger partial charge in [-0.3, -0.25) is 4.79 Å². The highest BCUT2D eigenvalue weighted by molar-refractivity contribution is 7.89. The Hall–Kier alpha value is -2.62. The lowest BCUT2D eigenvalue weighted by Gasteiger charge is -2.07. The summed E-state index contributed by atoms with van der Waals surface area (Å²) in [5.41, 5.74) is 1.25. The van der Waals surface area contributed by atoms with Crippen LogP contribution in [0.1, 0.15) is 12.1 Å². The fraction of sp³-hybridized carbons (Fsp3) is 0.222. The number of imidazole rings is 1. The third kappa shape index (κ3) is 5.00. The van der Waals surface area contributed by atoms with Gasteiger partial charge in [0.15, 0.2) is 0 Å². The van der Waals surface area contributed by atoms with Gasteiger partial charge in [-0.2, -0.15) is 0 Å². The van der Waals surface area contributed by atoms with E-state index in [0.29, 0.717) is 22.1 Å². The van der Waals surface area contributed by atoms with Crippen LogP contribution in [0.4, 0.5) is 0 Å². The van der Waals surface area contributed by atoms with Crippen LogP contribution in [-0.4, -0.2) is 37.4 Å². The van der Waals surface area contributed by atoms with Gasteiger partial charge in [-0.15, -0.1) is 0 Å². The van der Waals surface area contributed by atoms with Gasteiger partial charge in [0.05, 0.1) is 29.1 Å². The summed E-state index contributed by atoms with van der Waals surface area (Å²) in [6.45, 7) is -0.0860. The number of sulfonamides is 1. The van der Waals surface area contributed by atoms with E-state index < -0.39 is 16.0 Å². The Labute approximate surface area is 167 Å². The number of carbonyl (C=O) groups is 1. The normalized spacial score (nSPS) is 11.5. The number of halogens is 1. The third-order valence-electron chi connectivity index (χ3n) is 3.84. The van der Waals surface area contributed by atoms with Crippen molar-refractivity contribution in [2.45, 2.75) is 17.9 Å². The van der Waals surface area contributed by atoms with E-state index in [4.69, 9.17) is 21.1 Å². The molecule has 0 fully saturated rings. The molecule has 28 heavy (non-hydrogen) atoms. The first-order chi connectivity index (χ1) is 13.4. The van der Waals surface area contributed by atoms with Crippen LogP contribution in [-0.2, 0) is 26.2 Å². The Kier molecular flexibility index (Phi) is 6.18. The van der Waals surface area contributed by atoms with Crippen LogP contribution in [0, 0.1) is 0 Å². The summed E-state index contributed by atoms with van der Waals surface area (Å²) in [6.07, 6.45) is 3.30. The highest BCUT2D eigenvalue weighted by atomic mass is 35.5. The predicted octanol–water partition coefficient (Wildman–Crippen LogP) is 2.41. The monoisotopic (exact) mass is 423 g/mol. The standard InChI is InChI=1S/C18H18ClN3O5S/c1-26-15-3-5-16(6-4-15)28(24,25)20-9-8-18(23)27-12-14-11-22-10-13(19)2-7-17(22)21-14/h2-7,10-11,20H,8-9,12H2,1H3. The number of rotatable bonds is 8. The maximum absolute atomic E-state index is 12.2. The molecule has 0 amide bonds. The average molecular weight is 424 g/mol. The molecule has 8 nitrogen and oxygen atoms in total. The molecule has 148 valence electrons. The SMILES string of the molecule is COc1ccc(S(=O)(=O)NCCC(=O)OCc2cn3cc(Cl)ccc3n2)cc1. The summed E-state index contributed by atoms with van der Waals surface area (Å²) in [6, 6.07) is 9.41. The van der Waals surface area contributed by atoms with E-state index in [2.05, 4.69) is 9.71 Å². The van der Waals surface area contributed by atoms with Crippen LogP contribution in [0.25, 0.3) is 5.65 Å². The van der Waals surface area contributed by atoms with Crippen molar-refractivity contribution < 1.29 is 22.7 Å². The van der Waals surface area contributed by atoms with Gasteiger partial charge in [-0.05, 0) is 36.4 Å². The zero-order chi connectivity index (χ0) is 20.1. The second-order valence-corrected chi connectivity index (χ2v) is 8.03. The molecule has 0 radical (unpaired) electrons. The molecule has 0 aliphatic carbocycles. The lowest BCUT2D eigenvalue weighted by atomic mass is 10.3. The Morgan fingerprint density at radius 2 is 1.93 bits per heavy atom. The first-order valence-corrected chi connectivity index (χ1v) is 10.2. The molecule has 3 aromatic rings. The van der Waals surface area contributed by atoms with Crippen LogP contribution in [0.15, 0.2) is 53.7 Å². The van der Waals surface area contributed by atoms with Gasteiger partial charge in [0.25, 0.3) is 0 Å². The van der Waals surface area contributed by atoms with Gasteiger partial charge in [-0.1, -0.05) is 11.6 Å². The minimum Gasteiger partial charge on any atom is -0.497 e. The first kappa shape index (κ1) is 20.1. The summed E-state index contributed by atoms with van der Waals surface area (Å²) in [5, 5.41) is 0.567. The zero-order valence-electron chi connectivity index (χ0n) is 15.0. The smallest absolute Gasteiger partial charge is 0.307 e. The molecule has 10 heteroatoms. The number of nitrogens with one attached hydrogen (secondary N) is 1. The lowest BCUT2D eigenvalue weighted by molar-refractivity contribution is -0.144. The van der Waals surface area contributed by atoms with Crippen molar-refractivity contribution in [3.8, 4) is 5.75 Å².